The smallest absolute Gasteiger partial charge is 0.335 e. The van der Waals surface area contributed by atoms with Crippen molar-refractivity contribution in [1.29, 1.82) is 0 Å². The molecular formula is C11H14N2O6. The van der Waals surface area contributed by atoms with Crippen molar-refractivity contribution in [2.75, 3.05) is 31.7 Å². The monoisotopic (exact) mass is 270 g/mol. The third-order valence-electron chi connectivity index (χ3n) is 2.24. The van der Waals surface area contributed by atoms with Crippen LogP contribution in [0, 0.1) is 10.1 Å². The van der Waals surface area contributed by atoms with Crippen molar-refractivity contribution < 1.29 is 24.7 Å². The summed E-state index contributed by atoms with van der Waals surface area (Å²) in [5.74, 6) is -1.16. The molecule has 3 N–H and O–H groups in total. The topological polar surface area (TPSA) is 122 Å². The van der Waals surface area contributed by atoms with Crippen molar-refractivity contribution in [3.63, 3.8) is 0 Å². The fourth-order valence-corrected chi connectivity index (χ4v) is 1.39. The van der Waals surface area contributed by atoms with Crippen LogP contribution in [0.5, 0.6) is 0 Å². The molecule has 0 heterocycles. The van der Waals surface area contributed by atoms with Gasteiger partial charge in [-0.25, -0.2) is 4.79 Å². The quantitative estimate of drug-likeness (QED) is 0.361. The lowest BCUT2D eigenvalue weighted by atomic mass is 10.1. The first-order chi connectivity index (χ1) is 9.06. The Morgan fingerprint density at radius 2 is 2.16 bits per heavy atom. The summed E-state index contributed by atoms with van der Waals surface area (Å²) in [6.45, 7) is 0.590. The van der Waals surface area contributed by atoms with E-state index in [9.17, 15) is 14.9 Å². The van der Waals surface area contributed by atoms with Gasteiger partial charge in [0.1, 0.15) is 5.69 Å². The second kappa shape index (κ2) is 7.29. The number of ether oxygens (including phenoxy) is 1. The molecule has 0 saturated carbocycles. The van der Waals surface area contributed by atoms with Crippen LogP contribution in [0.15, 0.2) is 18.2 Å². The van der Waals surface area contributed by atoms with Gasteiger partial charge in [-0.3, -0.25) is 10.1 Å². The number of carbonyl (C=O) groups is 1. The number of aliphatic hydroxyl groups is 1. The highest BCUT2D eigenvalue weighted by Crippen LogP contribution is 2.25. The first kappa shape index (κ1) is 14.9. The third-order valence-corrected chi connectivity index (χ3v) is 2.24. The normalized spacial score (nSPS) is 10.2. The molecule has 1 rings (SSSR count). The van der Waals surface area contributed by atoms with E-state index < -0.39 is 10.9 Å². The predicted molar refractivity (Wildman–Crippen MR) is 66.5 cm³/mol. The Labute approximate surface area is 108 Å². The van der Waals surface area contributed by atoms with E-state index in [4.69, 9.17) is 14.9 Å². The Morgan fingerprint density at radius 1 is 1.42 bits per heavy atom. The third kappa shape index (κ3) is 4.53. The van der Waals surface area contributed by atoms with Crippen LogP contribution in [0.3, 0.4) is 0 Å². The SMILES string of the molecule is O=C(O)c1ccc([N+](=O)[O-])c(NCCOCCO)c1. The van der Waals surface area contributed by atoms with Crippen LogP contribution in [0.25, 0.3) is 0 Å². The van der Waals surface area contributed by atoms with Crippen molar-refractivity contribution >= 4 is 17.3 Å². The number of nitrogens with zero attached hydrogens (tertiary/aromatic N) is 1. The van der Waals surface area contributed by atoms with E-state index >= 15 is 0 Å². The van der Waals surface area contributed by atoms with E-state index in [0.717, 1.165) is 6.07 Å². The summed E-state index contributed by atoms with van der Waals surface area (Å²) in [5.41, 5.74) is -0.117. The van der Waals surface area contributed by atoms with Crippen LogP contribution in [0.2, 0.25) is 0 Å². The molecule has 19 heavy (non-hydrogen) atoms. The zero-order valence-electron chi connectivity index (χ0n) is 10.0. The average Bonchev–Trinajstić information content (AvgIpc) is 2.38. The van der Waals surface area contributed by atoms with Crippen LogP contribution in [-0.4, -0.2) is 47.5 Å². The van der Waals surface area contributed by atoms with Gasteiger partial charge in [-0.2, -0.15) is 0 Å². The summed E-state index contributed by atoms with van der Waals surface area (Å²) in [7, 11) is 0. The van der Waals surface area contributed by atoms with Crippen molar-refractivity contribution in [2.45, 2.75) is 0 Å². The predicted octanol–water partition coefficient (Wildman–Crippen LogP) is 0.714. The molecule has 1 aromatic rings. The lowest BCUT2D eigenvalue weighted by molar-refractivity contribution is -0.384. The highest BCUT2D eigenvalue weighted by Gasteiger charge is 2.16. The summed E-state index contributed by atoms with van der Waals surface area (Å²) in [4.78, 5) is 21.0. The van der Waals surface area contributed by atoms with Gasteiger partial charge in [0.05, 0.1) is 30.3 Å². The van der Waals surface area contributed by atoms with Gasteiger partial charge in [0.2, 0.25) is 0 Å². The van der Waals surface area contributed by atoms with E-state index in [1.165, 1.54) is 12.1 Å². The van der Waals surface area contributed by atoms with Crippen molar-refractivity contribution in [3.8, 4) is 0 Å². The number of rotatable bonds is 8. The first-order valence-corrected chi connectivity index (χ1v) is 5.50. The molecule has 0 spiro atoms. The highest BCUT2D eigenvalue weighted by molar-refractivity contribution is 5.90. The van der Waals surface area contributed by atoms with Crippen molar-refractivity contribution in [1.82, 2.24) is 0 Å². The van der Waals surface area contributed by atoms with Gasteiger partial charge < -0.3 is 20.3 Å². The summed E-state index contributed by atoms with van der Waals surface area (Å²) >= 11 is 0. The molecule has 8 heteroatoms. The molecule has 0 atom stereocenters. The highest BCUT2D eigenvalue weighted by atomic mass is 16.6. The molecule has 0 fully saturated rings. The van der Waals surface area contributed by atoms with Gasteiger partial charge in [0.15, 0.2) is 0 Å². The molecule has 0 unspecified atom stereocenters. The van der Waals surface area contributed by atoms with E-state index in [1.807, 2.05) is 0 Å². The number of anilines is 1. The number of nitro benzene ring substituents is 1. The van der Waals surface area contributed by atoms with Crippen molar-refractivity contribution in [3.05, 3.63) is 33.9 Å². The van der Waals surface area contributed by atoms with Gasteiger partial charge in [0.25, 0.3) is 5.69 Å². The molecule has 0 aliphatic rings. The van der Waals surface area contributed by atoms with Crippen LogP contribution >= 0.6 is 0 Å². The number of nitro groups is 1. The van der Waals surface area contributed by atoms with E-state index in [2.05, 4.69) is 5.32 Å². The summed E-state index contributed by atoms with van der Waals surface area (Å²) < 4.78 is 4.98. The maximum Gasteiger partial charge on any atom is 0.335 e. The molecule has 0 saturated heterocycles. The molecule has 104 valence electrons. The van der Waals surface area contributed by atoms with Crippen LogP contribution < -0.4 is 5.32 Å². The van der Waals surface area contributed by atoms with Gasteiger partial charge in [-0.15, -0.1) is 0 Å². The summed E-state index contributed by atoms with van der Waals surface area (Å²) in [6.07, 6.45) is 0. The number of carboxylic acid groups (broad SMARTS) is 1. The molecule has 0 bridgehead atoms. The first-order valence-electron chi connectivity index (χ1n) is 5.50. The number of nitrogens with one attached hydrogen (secondary N) is 1. The second-order valence-electron chi connectivity index (χ2n) is 3.56. The maximum atomic E-state index is 10.8. The largest absolute Gasteiger partial charge is 0.478 e. The number of carboxylic acids is 1. The van der Waals surface area contributed by atoms with Crippen LogP contribution in [-0.2, 0) is 4.74 Å². The number of aromatic carboxylic acids is 1. The molecule has 8 nitrogen and oxygen atoms in total. The van der Waals surface area contributed by atoms with Crippen molar-refractivity contribution in [2.24, 2.45) is 0 Å². The lowest BCUT2D eigenvalue weighted by Gasteiger charge is -2.08. The van der Waals surface area contributed by atoms with Gasteiger partial charge in [0, 0.05) is 12.6 Å². The minimum Gasteiger partial charge on any atom is -0.478 e. The Kier molecular flexibility index (Phi) is 5.71. The Bertz CT molecular complexity index is 462. The zero-order chi connectivity index (χ0) is 14.3. The molecule has 0 amide bonds. The Hall–Kier alpha value is -2.19. The number of aliphatic hydroxyl groups excluding tert-OH is 1. The average molecular weight is 270 g/mol. The Balaban J connectivity index is 2.74. The summed E-state index contributed by atoms with van der Waals surface area (Å²) in [5, 5.41) is 30.9. The van der Waals surface area contributed by atoms with Gasteiger partial charge in [-0.1, -0.05) is 0 Å². The van der Waals surface area contributed by atoms with E-state index in [-0.39, 0.29) is 43.3 Å². The van der Waals surface area contributed by atoms with E-state index in [1.54, 1.807) is 0 Å². The Morgan fingerprint density at radius 3 is 2.74 bits per heavy atom. The van der Waals surface area contributed by atoms with Crippen LogP contribution in [0.4, 0.5) is 11.4 Å². The fraction of sp³-hybridized carbons (Fsp3) is 0.364. The molecular weight excluding hydrogens is 256 g/mol. The molecule has 0 aliphatic heterocycles. The zero-order valence-corrected chi connectivity index (χ0v) is 10.0. The molecule has 0 aliphatic carbocycles. The lowest BCUT2D eigenvalue weighted by Crippen LogP contribution is -2.12. The number of benzene rings is 1. The molecule has 0 radical (unpaired) electrons. The molecule has 1 aromatic carbocycles. The fourth-order valence-electron chi connectivity index (χ4n) is 1.39. The second-order valence-corrected chi connectivity index (χ2v) is 3.56. The summed E-state index contributed by atoms with van der Waals surface area (Å²) in [6, 6.07) is 3.51. The van der Waals surface area contributed by atoms with E-state index in [0.29, 0.717) is 0 Å². The minimum absolute atomic E-state index is 0.0376. The number of hydrogen-bond donors (Lipinski definition) is 3. The number of hydrogen-bond acceptors (Lipinski definition) is 6. The molecule has 0 aromatic heterocycles. The maximum absolute atomic E-state index is 10.8. The van der Waals surface area contributed by atoms with Crippen LogP contribution in [0.1, 0.15) is 10.4 Å². The minimum atomic E-state index is -1.16. The van der Waals surface area contributed by atoms with Gasteiger partial charge in [-0.05, 0) is 12.1 Å². The standard InChI is InChI=1S/C11H14N2O6/c14-4-6-19-5-3-12-9-7-8(11(15)16)1-2-10(9)13(17)18/h1-2,7,12,14H,3-6H2,(H,15,16). The van der Waals surface area contributed by atoms with Gasteiger partial charge >= 0.3 is 5.97 Å².